The van der Waals surface area contributed by atoms with Crippen LogP contribution in [-0.2, 0) is 6.54 Å². The quantitative estimate of drug-likeness (QED) is 0.688. The highest BCUT2D eigenvalue weighted by atomic mass is 35.5. The number of aryl methyl sites for hydroxylation is 1. The summed E-state index contributed by atoms with van der Waals surface area (Å²) in [4.78, 5) is 30.3. The van der Waals surface area contributed by atoms with Crippen molar-refractivity contribution in [2.75, 3.05) is 5.32 Å². The lowest BCUT2D eigenvalue weighted by Gasteiger charge is -2.09. The van der Waals surface area contributed by atoms with E-state index < -0.39 is 0 Å². The molecule has 7 heteroatoms. The van der Waals surface area contributed by atoms with Crippen LogP contribution in [0.5, 0.6) is 0 Å². The van der Waals surface area contributed by atoms with Crippen LogP contribution in [0.2, 0.25) is 5.02 Å². The predicted molar refractivity (Wildman–Crippen MR) is 104 cm³/mol. The summed E-state index contributed by atoms with van der Waals surface area (Å²) >= 11 is 7.63. The standard InChI is InChI=1S/C19H16ClN3O2S/c1-12-5-8-17(26-12)19(25)23-13-6-7-15(16(20)10-13)18(24)22-11-14-4-2-3-9-21-14/h2-10H,11H2,1H3,(H,22,24)(H,23,25). The molecule has 132 valence electrons. The fraction of sp³-hybridized carbons (Fsp3) is 0.105. The van der Waals surface area contributed by atoms with Crippen molar-refractivity contribution in [3.8, 4) is 0 Å². The Morgan fingerprint density at radius 1 is 1.12 bits per heavy atom. The third-order valence-corrected chi connectivity index (χ3v) is 4.90. The summed E-state index contributed by atoms with van der Waals surface area (Å²) in [6.07, 6.45) is 1.67. The van der Waals surface area contributed by atoms with Gasteiger partial charge in [-0.15, -0.1) is 11.3 Å². The van der Waals surface area contributed by atoms with Crippen LogP contribution in [0.3, 0.4) is 0 Å². The van der Waals surface area contributed by atoms with Crippen molar-refractivity contribution < 1.29 is 9.59 Å². The van der Waals surface area contributed by atoms with E-state index in [1.165, 1.54) is 11.3 Å². The molecule has 1 aromatic carbocycles. The Labute approximate surface area is 160 Å². The first-order valence-electron chi connectivity index (χ1n) is 7.88. The number of aromatic nitrogens is 1. The minimum absolute atomic E-state index is 0.202. The van der Waals surface area contributed by atoms with Crippen molar-refractivity contribution >= 4 is 40.4 Å². The molecule has 0 aliphatic rings. The Morgan fingerprint density at radius 2 is 1.96 bits per heavy atom. The number of carbonyl (C=O) groups excluding carboxylic acids is 2. The molecule has 0 saturated carbocycles. The molecule has 0 spiro atoms. The van der Waals surface area contributed by atoms with E-state index in [-0.39, 0.29) is 16.8 Å². The summed E-state index contributed by atoms with van der Waals surface area (Å²) in [6.45, 7) is 2.25. The molecule has 0 atom stereocenters. The molecule has 26 heavy (non-hydrogen) atoms. The molecule has 0 radical (unpaired) electrons. The second kappa shape index (κ2) is 8.12. The van der Waals surface area contributed by atoms with Crippen LogP contribution >= 0.6 is 22.9 Å². The van der Waals surface area contributed by atoms with Gasteiger partial charge >= 0.3 is 0 Å². The zero-order chi connectivity index (χ0) is 18.5. The number of hydrogen-bond donors (Lipinski definition) is 2. The maximum Gasteiger partial charge on any atom is 0.265 e. The van der Waals surface area contributed by atoms with Gasteiger partial charge < -0.3 is 10.6 Å². The van der Waals surface area contributed by atoms with E-state index in [0.717, 1.165) is 10.6 Å². The lowest BCUT2D eigenvalue weighted by atomic mass is 10.2. The molecule has 0 aliphatic heterocycles. The molecule has 2 aromatic heterocycles. The first kappa shape index (κ1) is 18.1. The monoisotopic (exact) mass is 385 g/mol. The molecule has 3 rings (SSSR count). The van der Waals surface area contributed by atoms with Gasteiger partial charge in [0.2, 0.25) is 0 Å². The highest BCUT2D eigenvalue weighted by molar-refractivity contribution is 7.14. The van der Waals surface area contributed by atoms with Crippen LogP contribution in [0.25, 0.3) is 0 Å². The average molecular weight is 386 g/mol. The Kier molecular flexibility index (Phi) is 5.65. The van der Waals surface area contributed by atoms with Crippen LogP contribution in [-0.4, -0.2) is 16.8 Å². The molecule has 0 bridgehead atoms. The third-order valence-electron chi connectivity index (χ3n) is 3.59. The summed E-state index contributed by atoms with van der Waals surface area (Å²) < 4.78 is 0. The van der Waals surface area contributed by atoms with E-state index in [2.05, 4.69) is 15.6 Å². The van der Waals surface area contributed by atoms with Gasteiger partial charge in [0.1, 0.15) is 0 Å². The minimum Gasteiger partial charge on any atom is -0.346 e. The molecular weight excluding hydrogens is 370 g/mol. The highest BCUT2D eigenvalue weighted by Gasteiger charge is 2.13. The van der Waals surface area contributed by atoms with Crippen molar-refractivity contribution in [3.05, 3.63) is 80.8 Å². The second-order valence-corrected chi connectivity index (χ2v) is 7.26. The van der Waals surface area contributed by atoms with Gasteiger partial charge in [-0.2, -0.15) is 0 Å². The number of rotatable bonds is 5. The fourth-order valence-corrected chi connectivity index (χ4v) is 3.32. The number of thiophene rings is 1. The topological polar surface area (TPSA) is 71.1 Å². The number of nitrogens with one attached hydrogen (secondary N) is 2. The summed E-state index contributed by atoms with van der Waals surface area (Å²) in [5.74, 6) is -0.501. The van der Waals surface area contributed by atoms with Gasteiger partial charge in [-0.05, 0) is 49.4 Å². The maximum atomic E-state index is 12.3. The normalized spacial score (nSPS) is 10.4. The molecule has 0 unspecified atom stereocenters. The van der Waals surface area contributed by atoms with Crippen LogP contribution in [0.15, 0.2) is 54.7 Å². The smallest absolute Gasteiger partial charge is 0.265 e. The zero-order valence-corrected chi connectivity index (χ0v) is 15.5. The van der Waals surface area contributed by atoms with Gasteiger partial charge in [-0.25, -0.2) is 0 Å². The van der Waals surface area contributed by atoms with Crippen molar-refractivity contribution in [2.24, 2.45) is 0 Å². The number of pyridine rings is 1. The summed E-state index contributed by atoms with van der Waals surface area (Å²) in [5, 5.41) is 5.82. The van der Waals surface area contributed by atoms with Crippen LogP contribution in [0.1, 0.15) is 30.6 Å². The summed E-state index contributed by atoms with van der Waals surface area (Å²) in [5.41, 5.74) is 1.63. The van der Waals surface area contributed by atoms with Crippen molar-refractivity contribution in [2.45, 2.75) is 13.5 Å². The van der Waals surface area contributed by atoms with Gasteiger partial charge in [-0.1, -0.05) is 17.7 Å². The molecule has 3 aromatic rings. The fourth-order valence-electron chi connectivity index (χ4n) is 2.30. The Balaban J connectivity index is 1.65. The lowest BCUT2D eigenvalue weighted by molar-refractivity contribution is 0.0950. The van der Waals surface area contributed by atoms with Gasteiger partial charge in [0.15, 0.2) is 0 Å². The SMILES string of the molecule is Cc1ccc(C(=O)Nc2ccc(C(=O)NCc3ccccn3)c(Cl)c2)s1. The molecule has 2 N–H and O–H groups in total. The Morgan fingerprint density at radius 3 is 2.62 bits per heavy atom. The first-order valence-corrected chi connectivity index (χ1v) is 9.08. The second-order valence-electron chi connectivity index (χ2n) is 5.56. The predicted octanol–water partition coefficient (Wildman–Crippen LogP) is 4.29. The summed E-state index contributed by atoms with van der Waals surface area (Å²) in [6, 6.07) is 14.0. The van der Waals surface area contributed by atoms with E-state index in [9.17, 15) is 9.59 Å². The van der Waals surface area contributed by atoms with Gasteiger partial charge in [-0.3, -0.25) is 14.6 Å². The van der Waals surface area contributed by atoms with E-state index in [1.54, 1.807) is 30.5 Å². The largest absolute Gasteiger partial charge is 0.346 e. The number of halogens is 1. The molecule has 0 aliphatic carbocycles. The van der Waals surface area contributed by atoms with E-state index in [1.807, 2.05) is 31.2 Å². The maximum absolute atomic E-state index is 12.3. The number of amides is 2. The number of carbonyl (C=O) groups is 2. The number of anilines is 1. The average Bonchev–Trinajstić information content (AvgIpc) is 3.07. The van der Waals surface area contributed by atoms with E-state index >= 15 is 0 Å². The van der Waals surface area contributed by atoms with Gasteiger partial charge in [0.25, 0.3) is 11.8 Å². The summed E-state index contributed by atoms with van der Waals surface area (Å²) in [7, 11) is 0. The molecule has 0 fully saturated rings. The van der Waals surface area contributed by atoms with Crippen LogP contribution in [0.4, 0.5) is 5.69 Å². The van der Waals surface area contributed by atoms with Crippen molar-refractivity contribution in [3.63, 3.8) is 0 Å². The van der Waals surface area contributed by atoms with Gasteiger partial charge in [0, 0.05) is 16.8 Å². The van der Waals surface area contributed by atoms with Crippen LogP contribution < -0.4 is 10.6 Å². The highest BCUT2D eigenvalue weighted by Crippen LogP contribution is 2.23. The van der Waals surface area contributed by atoms with E-state index in [0.29, 0.717) is 22.7 Å². The molecule has 2 heterocycles. The number of nitrogens with zero attached hydrogens (tertiary/aromatic N) is 1. The van der Waals surface area contributed by atoms with Crippen molar-refractivity contribution in [1.82, 2.24) is 10.3 Å². The zero-order valence-electron chi connectivity index (χ0n) is 14.0. The van der Waals surface area contributed by atoms with Crippen LogP contribution in [0, 0.1) is 6.92 Å². The lowest BCUT2D eigenvalue weighted by Crippen LogP contribution is -2.23. The molecule has 0 saturated heterocycles. The van der Waals surface area contributed by atoms with E-state index in [4.69, 9.17) is 11.6 Å². The Bertz CT molecular complexity index is 941. The molecule has 2 amide bonds. The Hall–Kier alpha value is -2.70. The third kappa shape index (κ3) is 4.47. The number of hydrogen-bond acceptors (Lipinski definition) is 4. The first-order chi connectivity index (χ1) is 12.5. The minimum atomic E-state index is -0.299. The van der Waals surface area contributed by atoms with Crippen molar-refractivity contribution in [1.29, 1.82) is 0 Å². The van der Waals surface area contributed by atoms with Gasteiger partial charge in [0.05, 0.1) is 27.7 Å². The molecule has 5 nitrogen and oxygen atoms in total. The molecular formula is C19H16ClN3O2S. The number of benzene rings is 1.